The van der Waals surface area contributed by atoms with Gasteiger partial charge in [-0.15, -0.1) is 0 Å². The molecule has 1 aliphatic rings. The summed E-state index contributed by atoms with van der Waals surface area (Å²) in [6, 6.07) is 16.5. The van der Waals surface area contributed by atoms with E-state index in [1.807, 2.05) is 0 Å². The largest absolute Gasteiger partial charge is 0.485 e. The number of benzene rings is 2. The van der Waals surface area contributed by atoms with Gasteiger partial charge in [0, 0.05) is 36.6 Å². The van der Waals surface area contributed by atoms with Gasteiger partial charge < -0.3 is 14.8 Å². The average Bonchev–Trinajstić information content (AvgIpc) is 3.43. The summed E-state index contributed by atoms with van der Waals surface area (Å²) in [4.78, 5) is 34.5. The van der Waals surface area contributed by atoms with Crippen molar-refractivity contribution in [2.75, 3.05) is 31.6 Å². The van der Waals surface area contributed by atoms with Gasteiger partial charge in [-0.3, -0.25) is 24.8 Å². The number of rotatable bonds is 9. The average molecular weight is 500 g/mol. The van der Waals surface area contributed by atoms with E-state index in [0.29, 0.717) is 40.4 Å². The fourth-order valence-corrected chi connectivity index (χ4v) is 4.20. The van der Waals surface area contributed by atoms with Crippen molar-refractivity contribution in [3.8, 4) is 17.2 Å². The number of aromatic nitrogens is 2. The number of ether oxygens (including phenoxy) is 2. The maximum absolute atomic E-state index is 12.5. The number of carbonyl (C=O) groups is 1. The first-order valence-electron chi connectivity index (χ1n) is 12.0. The smallest absolute Gasteiger partial charge is 0.311 e. The van der Waals surface area contributed by atoms with Crippen LogP contribution >= 0.6 is 0 Å². The Balaban J connectivity index is 1.32. The highest BCUT2D eigenvalue weighted by Crippen LogP contribution is 2.37. The number of fused-ring (bicyclic) bond motifs is 1. The first-order valence-corrected chi connectivity index (χ1v) is 12.0. The van der Waals surface area contributed by atoms with Gasteiger partial charge in [-0.1, -0.05) is 6.07 Å². The van der Waals surface area contributed by atoms with Gasteiger partial charge in [-0.2, -0.15) is 0 Å². The summed E-state index contributed by atoms with van der Waals surface area (Å²) in [5, 5.41) is 15.0. The Labute approximate surface area is 213 Å². The number of anilines is 1. The zero-order chi connectivity index (χ0) is 25.6. The first-order chi connectivity index (χ1) is 18.1. The molecule has 1 N–H and O–H groups in total. The minimum Gasteiger partial charge on any atom is -0.485 e. The van der Waals surface area contributed by atoms with Crippen LogP contribution in [0, 0.1) is 10.1 Å². The van der Waals surface area contributed by atoms with Gasteiger partial charge >= 0.3 is 5.69 Å². The van der Waals surface area contributed by atoms with E-state index in [1.165, 1.54) is 18.9 Å². The molecule has 0 atom stereocenters. The Morgan fingerprint density at radius 1 is 1.00 bits per heavy atom. The molecule has 4 aromatic rings. The topological polar surface area (TPSA) is 120 Å². The lowest BCUT2D eigenvalue weighted by molar-refractivity contribution is -0.385. The van der Waals surface area contributed by atoms with Gasteiger partial charge in [0.25, 0.3) is 5.91 Å². The summed E-state index contributed by atoms with van der Waals surface area (Å²) in [6.07, 6.45) is 5.51. The van der Waals surface area contributed by atoms with Crippen LogP contribution in [0.3, 0.4) is 0 Å². The number of likely N-dealkylation sites (tertiary alicyclic amines) is 1. The molecule has 0 radical (unpaired) electrons. The van der Waals surface area contributed by atoms with E-state index in [-0.39, 0.29) is 17.3 Å². The summed E-state index contributed by atoms with van der Waals surface area (Å²) in [7, 11) is 0. The van der Waals surface area contributed by atoms with E-state index >= 15 is 0 Å². The number of pyridine rings is 2. The molecular weight excluding hydrogens is 474 g/mol. The van der Waals surface area contributed by atoms with Gasteiger partial charge in [0.2, 0.25) is 0 Å². The maximum atomic E-state index is 12.5. The molecule has 2 aromatic carbocycles. The van der Waals surface area contributed by atoms with Gasteiger partial charge in [0.1, 0.15) is 23.9 Å². The van der Waals surface area contributed by atoms with Gasteiger partial charge in [-0.05, 0) is 68.4 Å². The van der Waals surface area contributed by atoms with Crippen molar-refractivity contribution in [3.63, 3.8) is 0 Å². The third kappa shape index (κ3) is 5.81. The van der Waals surface area contributed by atoms with Crippen molar-refractivity contribution in [2.45, 2.75) is 12.8 Å². The molecule has 188 valence electrons. The SMILES string of the molecule is O=C(Nc1ccccn1)c1ccc(Oc2ccnc3cc(OCCN4CCCC4)c([N+](=O)[O-])cc23)cc1. The van der Waals surface area contributed by atoms with Crippen molar-refractivity contribution in [3.05, 3.63) is 88.7 Å². The summed E-state index contributed by atoms with van der Waals surface area (Å²) in [5.41, 5.74) is 0.808. The molecule has 10 nitrogen and oxygen atoms in total. The zero-order valence-electron chi connectivity index (χ0n) is 20.0. The second-order valence-electron chi connectivity index (χ2n) is 8.60. The molecule has 1 fully saturated rings. The minimum atomic E-state index is -0.462. The fourth-order valence-electron chi connectivity index (χ4n) is 4.20. The Kier molecular flexibility index (Phi) is 7.18. The van der Waals surface area contributed by atoms with E-state index in [2.05, 4.69) is 20.2 Å². The number of nitro benzene ring substituents is 1. The molecule has 2 aromatic heterocycles. The van der Waals surface area contributed by atoms with Crippen LogP contribution < -0.4 is 14.8 Å². The van der Waals surface area contributed by atoms with Crippen LogP contribution in [0.2, 0.25) is 0 Å². The number of nitrogens with zero attached hydrogens (tertiary/aromatic N) is 4. The standard InChI is InChI=1S/C27H25N5O5/c33-27(30-26-5-1-2-11-29-26)19-6-8-20(9-7-19)37-24-10-12-28-22-18-25(23(32(34)35)17-21(22)24)36-16-15-31-13-3-4-14-31/h1-2,5-12,17-18H,3-4,13-16H2,(H,29,30,33). The lowest BCUT2D eigenvalue weighted by atomic mass is 10.1. The van der Waals surface area contributed by atoms with Crippen LogP contribution in [-0.4, -0.2) is 51.9 Å². The third-order valence-electron chi connectivity index (χ3n) is 6.09. The number of nitrogens with one attached hydrogen (secondary N) is 1. The Morgan fingerprint density at radius 3 is 2.54 bits per heavy atom. The predicted octanol–water partition coefficient (Wildman–Crippen LogP) is 5.06. The Hall–Kier alpha value is -4.57. The van der Waals surface area contributed by atoms with Crippen LogP contribution in [0.5, 0.6) is 17.2 Å². The number of amides is 1. The molecule has 37 heavy (non-hydrogen) atoms. The van der Waals surface area contributed by atoms with Crippen molar-refractivity contribution in [2.24, 2.45) is 0 Å². The minimum absolute atomic E-state index is 0.145. The van der Waals surface area contributed by atoms with Crippen LogP contribution in [0.15, 0.2) is 73.1 Å². The Morgan fingerprint density at radius 2 is 1.81 bits per heavy atom. The highest BCUT2D eigenvalue weighted by molar-refractivity contribution is 6.03. The number of hydrogen-bond donors (Lipinski definition) is 1. The molecule has 1 amide bonds. The highest BCUT2D eigenvalue weighted by atomic mass is 16.6. The predicted molar refractivity (Wildman–Crippen MR) is 138 cm³/mol. The van der Waals surface area contributed by atoms with E-state index in [0.717, 1.165) is 19.6 Å². The molecule has 0 unspecified atom stereocenters. The molecule has 0 saturated carbocycles. The lowest BCUT2D eigenvalue weighted by Gasteiger charge is -2.15. The summed E-state index contributed by atoms with van der Waals surface area (Å²) >= 11 is 0. The molecule has 3 heterocycles. The Bertz CT molecular complexity index is 1410. The fraction of sp³-hybridized carbons (Fsp3) is 0.222. The van der Waals surface area contributed by atoms with E-state index in [4.69, 9.17) is 9.47 Å². The van der Waals surface area contributed by atoms with Crippen molar-refractivity contribution in [1.82, 2.24) is 14.9 Å². The van der Waals surface area contributed by atoms with Gasteiger partial charge in [0.15, 0.2) is 5.75 Å². The van der Waals surface area contributed by atoms with Crippen molar-refractivity contribution >= 4 is 28.3 Å². The lowest BCUT2D eigenvalue weighted by Crippen LogP contribution is -2.25. The van der Waals surface area contributed by atoms with Crippen LogP contribution in [-0.2, 0) is 0 Å². The molecular formula is C27H25N5O5. The first kappa shape index (κ1) is 24.1. The molecule has 0 spiro atoms. The van der Waals surface area contributed by atoms with Crippen molar-refractivity contribution < 1.29 is 19.2 Å². The molecule has 5 rings (SSSR count). The quantitative estimate of drug-likeness (QED) is 0.251. The monoisotopic (exact) mass is 499 g/mol. The number of hydrogen-bond acceptors (Lipinski definition) is 8. The second-order valence-corrected chi connectivity index (χ2v) is 8.60. The van der Waals surface area contributed by atoms with Crippen molar-refractivity contribution in [1.29, 1.82) is 0 Å². The molecule has 10 heteroatoms. The van der Waals surface area contributed by atoms with E-state index in [1.54, 1.807) is 67.0 Å². The van der Waals surface area contributed by atoms with E-state index < -0.39 is 4.92 Å². The van der Waals surface area contributed by atoms with Gasteiger partial charge in [-0.25, -0.2) is 4.98 Å². The zero-order valence-corrected chi connectivity index (χ0v) is 20.0. The summed E-state index contributed by atoms with van der Waals surface area (Å²) in [6.45, 7) is 3.15. The highest BCUT2D eigenvalue weighted by Gasteiger charge is 2.20. The second kappa shape index (κ2) is 11.0. The molecule has 0 aliphatic carbocycles. The maximum Gasteiger partial charge on any atom is 0.311 e. The molecule has 1 saturated heterocycles. The number of nitro groups is 1. The number of carbonyl (C=O) groups excluding carboxylic acids is 1. The van der Waals surface area contributed by atoms with Crippen LogP contribution in [0.1, 0.15) is 23.2 Å². The van der Waals surface area contributed by atoms with E-state index in [9.17, 15) is 14.9 Å². The molecule has 1 aliphatic heterocycles. The van der Waals surface area contributed by atoms with Gasteiger partial charge in [0.05, 0.1) is 15.8 Å². The third-order valence-corrected chi connectivity index (χ3v) is 6.09. The summed E-state index contributed by atoms with van der Waals surface area (Å²) in [5.74, 6) is 1.21. The summed E-state index contributed by atoms with van der Waals surface area (Å²) < 4.78 is 11.8. The normalized spacial score (nSPS) is 13.4. The van der Waals surface area contributed by atoms with Crippen LogP contribution in [0.25, 0.3) is 10.9 Å². The van der Waals surface area contributed by atoms with Crippen LogP contribution in [0.4, 0.5) is 11.5 Å². The molecule has 0 bridgehead atoms.